The molecular weight excluding hydrogens is 266 g/mol. The lowest BCUT2D eigenvalue weighted by Crippen LogP contribution is -2.12. The van der Waals surface area contributed by atoms with Crippen molar-refractivity contribution >= 4 is 17.5 Å². The highest BCUT2D eigenvalue weighted by molar-refractivity contribution is 6.31. The van der Waals surface area contributed by atoms with Crippen molar-refractivity contribution in [3.05, 3.63) is 58.6 Å². The first-order valence-corrected chi connectivity index (χ1v) is 5.95. The van der Waals surface area contributed by atoms with Crippen LogP contribution in [0.3, 0.4) is 0 Å². The molecule has 0 aliphatic heterocycles. The van der Waals surface area contributed by atoms with Gasteiger partial charge in [-0.15, -0.1) is 0 Å². The van der Waals surface area contributed by atoms with Crippen molar-refractivity contribution in [2.24, 2.45) is 5.73 Å². The largest absolute Gasteiger partial charge is 0.456 e. The van der Waals surface area contributed by atoms with Gasteiger partial charge < -0.3 is 15.6 Å². The molecule has 4 nitrogen and oxygen atoms in total. The molecule has 0 aliphatic carbocycles. The van der Waals surface area contributed by atoms with Gasteiger partial charge >= 0.3 is 0 Å². The summed E-state index contributed by atoms with van der Waals surface area (Å²) in [5.74, 6) is 0.145. The third kappa shape index (κ3) is 3.05. The Labute approximate surface area is 115 Å². The minimum absolute atomic E-state index is 0.157. The number of carbonyl (C=O) groups excluding carboxylic acids is 1. The molecule has 5 heteroatoms. The highest BCUT2D eigenvalue weighted by Crippen LogP contribution is 2.29. The van der Waals surface area contributed by atoms with Gasteiger partial charge in [0.1, 0.15) is 11.5 Å². The standard InChI is InChI=1S/C14H12ClNO3/c15-10-5-6-13(11(7-10)14(16)18)19-12-4-2-1-3-9(12)8-17/h1-7,17H,8H2,(H2,16,18). The van der Waals surface area contributed by atoms with E-state index in [-0.39, 0.29) is 12.2 Å². The maximum Gasteiger partial charge on any atom is 0.252 e. The van der Waals surface area contributed by atoms with E-state index < -0.39 is 5.91 Å². The van der Waals surface area contributed by atoms with E-state index in [0.717, 1.165) is 0 Å². The molecule has 2 aromatic carbocycles. The first-order valence-electron chi connectivity index (χ1n) is 5.58. The van der Waals surface area contributed by atoms with E-state index in [4.69, 9.17) is 22.1 Å². The quantitative estimate of drug-likeness (QED) is 0.902. The molecule has 0 aromatic heterocycles. The highest BCUT2D eigenvalue weighted by Gasteiger charge is 2.12. The van der Waals surface area contributed by atoms with Crippen molar-refractivity contribution < 1.29 is 14.6 Å². The number of aliphatic hydroxyl groups excluding tert-OH is 1. The molecule has 0 spiro atoms. The molecule has 98 valence electrons. The molecule has 0 saturated heterocycles. The van der Waals surface area contributed by atoms with Crippen LogP contribution in [-0.2, 0) is 6.61 Å². The summed E-state index contributed by atoms with van der Waals surface area (Å²) in [4.78, 5) is 11.4. The third-order valence-corrected chi connectivity index (χ3v) is 2.81. The lowest BCUT2D eigenvalue weighted by Gasteiger charge is -2.12. The molecular formula is C14H12ClNO3. The number of hydrogen-bond acceptors (Lipinski definition) is 3. The fourth-order valence-corrected chi connectivity index (χ4v) is 1.81. The molecule has 0 fully saturated rings. The van der Waals surface area contributed by atoms with Gasteiger partial charge in [0.05, 0.1) is 12.2 Å². The lowest BCUT2D eigenvalue weighted by atomic mass is 10.1. The minimum Gasteiger partial charge on any atom is -0.456 e. The first-order chi connectivity index (χ1) is 9.11. The Balaban J connectivity index is 2.41. The molecule has 0 heterocycles. The number of benzene rings is 2. The van der Waals surface area contributed by atoms with Crippen molar-refractivity contribution in [3.8, 4) is 11.5 Å². The molecule has 0 bridgehead atoms. The average molecular weight is 278 g/mol. The fourth-order valence-electron chi connectivity index (χ4n) is 1.64. The Kier molecular flexibility index (Phi) is 4.04. The summed E-state index contributed by atoms with van der Waals surface area (Å²) in [7, 11) is 0. The number of halogens is 1. The van der Waals surface area contributed by atoms with E-state index in [9.17, 15) is 9.90 Å². The van der Waals surface area contributed by atoms with Gasteiger partial charge in [0.25, 0.3) is 5.91 Å². The van der Waals surface area contributed by atoms with Crippen LogP contribution in [0.1, 0.15) is 15.9 Å². The van der Waals surface area contributed by atoms with Crippen LogP contribution in [0.15, 0.2) is 42.5 Å². The predicted molar refractivity (Wildman–Crippen MR) is 72.4 cm³/mol. The van der Waals surface area contributed by atoms with Gasteiger partial charge in [-0.05, 0) is 24.3 Å². The van der Waals surface area contributed by atoms with Crippen molar-refractivity contribution in [3.63, 3.8) is 0 Å². The maximum absolute atomic E-state index is 11.4. The van der Waals surface area contributed by atoms with Crippen LogP contribution in [0, 0.1) is 0 Å². The van der Waals surface area contributed by atoms with Crippen LogP contribution in [-0.4, -0.2) is 11.0 Å². The summed E-state index contributed by atoms with van der Waals surface area (Å²) in [6.07, 6.45) is 0. The van der Waals surface area contributed by atoms with Gasteiger partial charge in [-0.1, -0.05) is 29.8 Å². The molecule has 2 rings (SSSR count). The van der Waals surface area contributed by atoms with Crippen molar-refractivity contribution in [1.29, 1.82) is 0 Å². The lowest BCUT2D eigenvalue weighted by molar-refractivity contribution is 0.0998. The summed E-state index contributed by atoms with van der Waals surface area (Å²) in [6, 6.07) is 11.6. The van der Waals surface area contributed by atoms with Gasteiger partial charge in [-0.25, -0.2) is 0 Å². The molecule has 3 N–H and O–H groups in total. The van der Waals surface area contributed by atoms with Crippen LogP contribution < -0.4 is 10.5 Å². The second-order valence-corrected chi connectivity index (χ2v) is 4.31. The number of rotatable bonds is 4. The highest BCUT2D eigenvalue weighted by atomic mass is 35.5. The molecule has 0 aliphatic rings. The zero-order valence-electron chi connectivity index (χ0n) is 9.97. The summed E-state index contributed by atoms with van der Waals surface area (Å²) in [6.45, 7) is -0.157. The van der Waals surface area contributed by atoms with E-state index in [0.29, 0.717) is 22.1 Å². The SMILES string of the molecule is NC(=O)c1cc(Cl)ccc1Oc1ccccc1CO. The van der Waals surface area contributed by atoms with E-state index in [1.165, 1.54) is 6.07 Å². The monoisotopic (exact) mass is 277 g/mol. The number of ether oxygens (including phenoxy) is 1. The second-order valence-electron chi connectivity index (χ2n) is 3.87. The number of hydrogen-bond donors (Lipinski definition) is 2. The molecule has 0 radical (unpaired) electrons. The van der Waals surface area contributed by atoms with Crippen LogP contribution in [0.5, 0.6) is 11.5 Å². The summed E-state index contributed by atoms with van der Waals surface area (Å²) in [5, 5.41) is 9.63. The van der Waals surface area contributed by atoms with Crippen molar-refractivity contribution in [2.75, 3.05) is 0 Å². The average Bonchev–Trinajstić information content (AvgIpc) is 2.41. The number of primary amides is 1. The summed E-state index contributed by atoms with van der Waals surface area (Å²) < 4.78 is 5.63. The number of nitrogens with two attached hydrogens (primary N) is 1. The minimum atomic E-state index is -0.626. The fraction of sp³-hybridized carbons (Fsp3) is 0.0714. The summed E-state index contributed by atoms with van der Waals surface area (Å²) >= 11 is 5.82. The van der Waals surface area contributed by atoms with Crippen LogP contribution >= 0.6 is 11.6 Å². The number of para-hydroxylation sites is 1. The Bertz CT molecular complexity index is 613. The van der Waals surface area contributed by atoms with Crippen molar-refractivity contribution in [2.45, 2.75) is 6.61 Å². The molecule has 19 heavy (non-hydrogen) atoms. The second kappa shape index (κ2) is 5.73. The Morgan fingerprint density at radius 3 is 2.63 bits per heavy atom. The third-order valence-electron chi connectivity index (χ3n) is 2.57. The number of carbonyl (C=O) groups is 1. The topological polar surface area (TPSA) is 72.6 Å². The molecule has 1 amide bonds. The maximum atomic E-state index is 11.4. The number of amides is 1. The van der Waals surface area contributed by atoms with Gasteiger partial charge in [-0.2, -0.15) is 0 Å². The zero-order chi connectivity index (χ0) is 13.8. The van der Waals surface area contributed by atoms with E-state index in [1.807, 2.05) is 0 Å². The molecule has 0 unspecified atom stereocenters. The molecule has 0 atom stereocenters. The van der Waals surface area contributed by atoms with E-state index >= 15 is 0 Å². The van der Waals surface area contributed by atoms with Gasteiger partial charge in [0.15, 0.2) is 0 Å². The Morgan fingerprint density at radius 2 is 1.95 bits per heavy atom. The normalized spacial score (nSPS) is 10.2. The predicted octanol–water partition coefficient (Wildman–Crippen LogP) is 2.72. The van der Waals surface area contributed by atoms with E-state index in [2.05, 4.69) is 0 Å². The van der Waals surface area contributed by atoms with Gasteiger partial charge in [0, 0.05) is 10.6 Å². The molecule has 0 saturated carbocycles. The summed E-state index contributed by atoms with van der Waals surface area (Å²) in [5.41, 5.74) is 6.09. The molecule has 2 aromatic rings. The van der Waals surface area contributed by atoms with E-state index in [1.54, 1.807) is 36.4 Å². The first kappa shape index (κ1) is 13.4. The van der Waals surface area contributed by atoms with Gasteiger partial charge in [0.2, 0.25) is 0 Å². The van der Waals surface area contributed by atoms with Crippen molar-refractivity contribution in [1.82, 2.24) is 0 Å². The zero-order valence-corrected chi connectivity index (χ0v) is 10.7. The Hall–Kier alpha value is -2.04. The van der Waals surface area contributed by atoms with Crippen LogP contribution in [0.4, 0.5) is 0 Å². The van der Waals surface area contributed by atoms with Gasteiger partial charge in [-0.3, -0.25) is 4.79 Å². The smallest absolute Gasteiger partial charge is 0.252 e. The van der Waals surface area contributed by atoms with Crippen LogP contribution in [0.25, 0.3) is 0 Å². The van der Waals surface area contributed by atoms with Crippen LogP contribution in [0.2, 0.25) is 5.02 Å². The number of aliphatic hydroxyl groups is 1. The Morgan fingerprint density at radius 1 is 1.21 bits per heavy atom.